The Kier molecular flexibility index (Phi) is 7.46. The number of nitrogens with zero attached hydrogens (tertiary/aromatic N) is 1. The number of hydrogen-bond acceptors (Lipinski definition) is 4. The molecule has 2 amide bonds. The van der Waals surface area contributed by atoms with E-state index in [1.54, 1.807) is 11.8 Å². The van der Waals surface area contributed by atoms with Gasteiger partial charge in [-0.15, -0.1) is 11.8 Å². The lowest BCUT2D eigenvalue weighted by Gasteiger charge is -2.18. The normalized spacial score (nSPS) is 21.2. The van der Waals surface area contributed by atoms with Gasteiger partial charge in [-0.1, -0.05) is 33.1 Å². The van der Waals surface area contributed by atoms with Gasteiger partial charge in [-0.2, -0.15) is 0 Å². The lowest BCUT2D eigenvalue weighted by atomic mass is 10.2. The Hall–Kier alpha value is -0.550. The highest BCUT2D eigenvalue weighted by Crippen LogP contribution is 2.28. The van der Waals surface area contributed by atoms with E-state index < -0.39 is 0 Å². The minimum atomic E-state index is -0.184. The van der Waals surface area contributed by atoms with E-state index in [0.29, 0.717) is 13.0 Å². The van der Waals surface area contributed by atoms with E-state index in [2.05, 4.69) is 19.2 Å². The molecule has 0 radical (unpaired) electrons. The van der Waals surface area contributed by atoms with Crippen LogP contribution in [0.4, 0.5) is 0 Å². The number of imide groups is 1. The van der Waals surface area contributed by atoms with Crippen LogP contribution in [0, 0.1) is 0 Å². The monoisotopic (exact) mass is 286 g/mol. The smallest absolute Gasteiger partial charge is 0.242 e. The SMILES string of the molecule is CCCCCCN1C(=O)CC(SC(CC)NC)C1=O. The quantitative estimate of drug-likeness (QED) is 0.402. The van der Waals surface area contributed by atoms with Gasteiger partial charge in [-0.3, -0.25) is 14.5 Å². The van der Waals surface area contributed by atoms with E-state index >= 15 is 0 Å². The van der Waals surface area contributed by atoms with Crippen molar-refractivity contribution in [2.45, 2.75) is 63.0 Å². The van der Waals surface area contributed by atoms with Gasteiger partial charge in [0.25, 0.3) is 0 Å². The third-order valence-electron chi connectivity index (χ3n) is 3.46. The molecule has 0 spiro atoms. The summed E-state index contributed by atoms with van der Waals surface area (Å²) >= 11 is 1.59. The molecule has 0 saturated carbocycles. The molecule has 5 heteroatoms. The highest BCUT2D eigenvalue weighted by molar-refractivity contribution is 8.01. The van der Waals surface area contributed by atoms with Gasteiger partial charge >= 0.3 is 0 Å². The molecule has 2 atom stereocenters. The summed E-state index contributed by atoms with van der Waals surface area (Å²) in [4.78, 5) is 25.6. The molecule has 0 aromatic carbocycles. The van der Waals surface area contributed by atoms with Crippen molar-refractivity contribution in [3.8, 4) is 0 Å². The maximum Gasteiger partial charge on any atom is 0.242 e. The molecule has 0 aromatic heterocycles. The fourth-order valence-corrected chi connectivity index (χ4v) is 3.46. The summed E-state index contributed by atoms with van der Waals surface area (Å²) in [5.74, 6) is 0.0187. The van der Waals surface area contributed by atoms with E-state index in [-0.39, 0.29) is 22.4 Å². The van der Waals surface area contributed by atoms with Crippen molar-refractivity contribution < 1.29 is 9.59 Å². The van der Waals surface area contributed by atoms with Crippen molar-refractivity contribution in [1.29, 1.82) is 0 Å². The minimum absolute atomic E-state index is 0.00459. The van der Waals surface area contributed by atoms with E-state index in [0.717, 1.165) is 19.3 Å². The van der Waals surface area contributed by atoms with Crippen LogP contribution in [0.1, 0.15) is 52.4 Å². The summed E-state index contributed by atoms with van der Waals surface area (Å²) in [6, 6.07) is 0. The molecule has 0 aromatic rings. The molecule has 4 nitrogen and oxygen atoms in total. The Morgan fingerprint density at radius 1 is 1.32 bits per heavy atom. The van der Waals surface area contributed by atoms with Crippen molar-refractivity contribution in [2.24, 2.45) is 0 Å². The third kappa shape index (κ3) is 4.80. The van der Waals surface area contributed by atoms with Crippen LogP contribution in [0.3, 0.4) is 0 Å². The van der Waals surface area contributed by atoms with Crippen molar-refractivity contribution in [3.05, 3.63) is 0 Å². The molecule has 1 heterocycles. The van der Waals surface area contributed by atoms with Crippen LogP contribution < -0.4 is 5.32 Å². The maximum atomic E-state index is 12.2. The first kappa shape index (κ1) is 16.5. The van der Waals surface area contributed by atoms with Gasteiger partial charge < -0.3 is 5.32 Å². The summed E-state index contributed by atoms with van der Waals surface area (Å²) < 4.78 is 0. The lowest BCUT2D eigenvalue weighted by molar-refractivity contribution is -0.138. The fourth-order valence-electron chi connectivity index (χ4n) is 2.26. The van der Waals surface area contributed by atoms with Crippen LogP contribution in [-0.4, -0.2) is 40.9 Å². The Balaban J connectivity index is 2.44. The van der Waals surface area contributed by atoms with Crippen LogP contribution in [0.25, 0.3) is 0 Å². The van der Waals surface area contributed by atoms with E-state index in [1.165, 1.54) is 17.7 Å². The van der Waals surface area contributed by atoms with Crippen molar-refractivity contribution in [1.82, 2.24) is 10.2 Å². The number of amides is 2. The molecule has 1 aliphatic rings. The molecule has 0 bridgehead atoms. The molecular weight excluding hydrogens is 260 g/mol. The first-order chi connectivity index (χ1) is 9.13. The maximum absolute atomic E-state index is 12.2. The van der Waals surface area contributed by atoms with Crippen LogP contribution in [0.15, 0.2) is 0 Å². The topological polar surface area (TPSA) is 49.4 Å². The largest absolute Gasteiger partial charge is 0.308 e. The van der Waals surface area contributed by atoms with Gasteiger partial charge in [0.15, 0.2) is 0 Å². The second kappa shape index (κ2) is 8.59. The Morgan fingerprint density at radius 2 is 2.05 bits per heavy atom. The predicted octanol–water partition coefficient (Wildman–Crippen LogP) is 2.38. The van der Waals surface area contributed by atoms with Crippen LogP contribution in [0.2, 0.25) is 0 Å². The van der Waals surface area contributed by atoms with E-state index in [9.17, 15) is 9.59 Å². The average molecular weight is 286 g/mol. The van der Waals surface area contributed by atoms with Gasteiger partial charge in [0.2, 0.25) is 11.8 Å². The van der Waals surface area contributed by atoms with Gasteiger partial charge in [-0.25, -0.2) is 0 Å². The van der Waals surface area contributed by atoms with E-state index in [1.807, 2.05) is 7.05 Å². The van der Waals surface area contributed by atoms with Gasteiger partial charge in [-0.05, 0) is 19.9 Å². The van der Waals surface area contributed by atoms with Crippen molar-refractivity contribution in [2.75, 3.05) is 13.6 Å². The predicted molar refractivity (Wildman–Crippen MR) is 80.0 cm³/mol. The number of carbonyl (C=O) groups is 2. The summed E-state index contributed by atoms with van der Waals surface area (Å²) in [6.07, 6.45) is 5.70. The fraction of sp³-hybridized carbons (Fsp3) is 0.857. The number of carbonyl (C=O) groups excluding carboxylic acids is 2. The summed E-state index contributed by atoms with van der Waals surface area (Å²) in [7, 11) is 1.89. The number of rotatable bonds is 9. The Bertz CT molecular complexity index is 306. The highest BCUT2D eigenvalue weighted by Gasteiger charge is 2.39. The number of hydrogen-bond donors (Lipinski definition) is 1. The zero-order valence-electron chi connectivity index (χ0n) is 12.3. The van der Waals surface area contributed by atoms with E-state index in [4.69, 9.17) is 0 Å². The molecule has 110 valence electrons. The van der Waals surface area contributed by atoms with Gasteiger partial charge in [0, 0.05) is 13.0 Å². The van der Waals surface area contributed by atoms with Crippen molar-refractivity contribution in [3.63, 3.8) is 0 Å². The van der Waals surface area contributed by atoms with Crippen LogP contribution in [-0.2, 0) is 9.59 Å². The number of unbranched alkanes of at least 4 members (excludes halogenated alkanes) is 3. The number of nitrogens with one attached hydrogen (secondary N) is 1. The molecule has 1 saturated heterocycles. The van der Waals surface area contributed by atoms with Crippen LogP contribution in [0.5, 0.6) is 0 Å². The number of likely N-dealkylation sites (tertiary alicyclic amines) is 1. The van der Waals surface area contributed by atoms with Crippen molar-refractivity contribution >= 4 is 23.6 Å². The summed E-state index contributed by atoms with van der Waals surface area (Å²) in [5.41, 5.74) is 0. The molecule has 1 aliphatic heterocycles. The summed E-state index contributed by atoms with van der Waals surface area (Å²) in [6.45, 7) is 4.84. The molecule has 0 aliphatic carbocycles. The average Bonchev–Trinajstić information content (AvgIpc) is 2.67. The highest BCUT2D eigenvalue weighted by atomic mass is 32.2. The third-order valence-corrected chi connectivity index (χ3v) is 5.05. The molecule has 1 N–H and O–H groups in total. The van der Waals surface area contributed by atoms with Gasteiger partial charge in [0.1, 0.15) is 0 Å². The zero-order valence-corrected chi connectivity index (χ0v) is 13.1. The zero-order chi connectivity index (χ0) is 14.3. The second-order valence-electron chi connectivity index (χ2n) is 4.96. The summed E-state index contributed by atoms with van der Waals surface area (Å²) in [5, 5.41) is 3.24. The molecule has 1 fully saturated rings. The van der Waals surface area contributed by atoms with Crippen LogP contribution >= 0.6 is 11.8 Å². The second-order valence-corrected chi connectivity index (χ2v) is 6.37. The Labute approximate surface area is 120 Å². The van der Waals surface area contributed by atoms with Gasteiger partial charge in [0.05, 0.1) is 10.6 Å². The first-order valence-electron chi connectivity index (χ1n) is 7.30. The first-order valence-corrected chi connectivity index (χ1v) is 8.25. The molecule has 2 unspecified atom stereocenters. The molecular formula is C14H26N2O2S. The molecule has 19 heavy (non-hydrogen) atoms. The Morgan fingerprint density at radius 3 is 2.63 bits per heavy atom. The molecule has 1 rings (SSSR count). The minimum Gasteiger partial charge on any atom is -0.308 e. The number of thioether (sulfide) groups is 1. The standard InChI is InChI=1S/C14H26N2O2S/c1-4-6-7-8-9-16-13(17)10-11(14(16)18)19-12(5-2)15-3/h11-12,15H,4-10H2,1-3H3. The lowest BCUT2D eigenvalue weighted by Crippen LogP contribution is -2.33.